The Bertz CT molecular complexity index is 422. The number of methoxy groups -OCH3 is 2. The maximum atomic E-state index is 11.1. The van der Waals surface area contributed by atoms with Crippen LogP contribution in [0.1, 0.15) is 38.2 Å². The number of benzene rings is 1. The molecular weight excluding hydrogens is 256 g/mol. The summed E-state index contributed by atoms with van der Waals surface area (Å²) in [7, 11) is 3.23. The second-order valence-corrected chi connectivity index (χ2v) is 5.30. The van der Waals surface area contributed by atoms with Crippen molar-refractivity contribution in [1.82, 2.24) is 0 Å². The molecule has 0 spiro atoms. The summed E-state index contributed by atoms with van der Waals surface area (Å²) in [5.74, 6) is 1.34. The molecule has 1 heterocycles. The average molecular weight is 280 g/mol. The first-order chi connectivity index (χ1) is 9.64. The monoisotopic (exact) mass is 280 g/mol. The Hall–Kier alpha value is -1.26. The fraction of sp³-hybridized carbons (Fsp3) is 0.625. The van der Waals surface area contributed by atoms with Crippen molar-refractivity contribution in [2.24, 2.45) is 0 Å². The highest BCUT2D eigenvalue weighted by Gasteiger charge is 2.40. The molecule has 2 unspecified atom stereocenters. The highest BCUT2D eigenvalue weighted by molar-refractivity contribution is 5.49. The van der Waals surface area contributed by atoms with Crippen LogP contribution in [0.25, 0.3) is 0 Å². The van der Waals surface area contributed by atoms with Gasteiger partial charge in [0.1, 0.15) is 17.1 Å². The van der Waals surface area contributed by atoms with Gasteiger partial charge in [0.15, 0.2) is 0 Å². The molecule has 20 heavy (non-hydrogen) atoms. The van der Waals surface area contributed by atoms with Gasteiger partial charge in [0, 0.05) is 12.8 Å². The minimum absolute atomic E-state index is 0.0911. The molecule has 1 N–H and O–H groups in total. The van der Waals surface area contributed by atoms with E-state index in [4.69, 9.17) is 14.2 Å². The van der Waals surface area contributed by atoms with E-state index in [0.29, 0.717) is 30.9 Å². The van der Waals surface area contributed by atoms with Gasteiger partial charge in [-0.2, -0.15) is 0 Å². The number of aliphatic hydroxyl groups is 1. The smallest absolute Gasteiger partial charge is 0.128 e. The molecular formula is C16H24O4. The van der Waals surface area contributed by atoms with Crippen molar-refractivity contribution in [2.75, 3.05) is 20.8 Å². The number of rotatable bonds is 5. The molecule has 1 aromatic carbocycles. The standard InChI is InChI=1S/C16H24O4/c1-4-6-12-11-16(17,9-10-20-12)15-13(18-2)7-5-8-14(15)19-3/h5,7-8,12,17H,4,6,9-11H2,1-3H3. The molecule has 1 aliphatic heterocycles. The molecule has 0 bridgehead atoms. The van der Waals surface area contributed by atoms with Gasteiger partial charge in [-0.25, -0.2) is 0 Å². The molecule has 1 saturated heterocycles. The highest BCUT2D eigenvalue weighted by atomic mass is 16.5. The topological polar surface area (TPSA) is 47.9 Å². The largest absolute Gasteiger partial charge is 0.496 e. The van der Waals surface area contributed by atoms with Crippen LogP contribution in [0.4, 0.5) is 0 Å². The Labute approximate surface area is 120 Å². The first-order valence-electron chi connectivity index (χ1n) is 7.20. The summed E-state index contributed by atoms with van der Waals surface area (Å²) >= 11 is 0. The molecule has 1 fully saturated rings. The van der Waals surface area contributed by atoms with Gasteiger partial charge in [0.05, 0.1) is 32.5 Å². The van der Waals surface area contributed by atoms with Gasteiger partial charge in [-0.3, -0.25) is 0 Å². The van der Waals surface area contributed by atoms with Gasteiger partial charge in [-0.1, -0.05) is 19.4 Å². The summed E-state index contributed by atoms with van der Waals surface area (Å²) in [6.45, 7) is 2.68. The zero-order valence-corrected chi connectivity index (χ0v) is 12.5. The molecule has 4 nitrogen and oxygen atoms in total. The van der Waals surface area contributed by atoms with Crippen LogP contribution in [0, 0.1) is 0 Å². The number of hydrogen-bond donors (Lipinski definition) is 1. The third-order valence-corrected chi connectivity index (χ3v) is 3.94. The Morgan fingerprint density at radius 2 is 1.95 bits per heavy atom. The predicted molar refractivity (Wildman–Crippen MR) is 77.3 cm³/mol. The number of hydrogen-bond acceptors (Lipinski definition) is 4. The first-order valence-corrected chi connectivity index (χ1v) is 7.20. The van der Waals surface area contributed by atoms with Crippen molar-refractivity contribution in [1.29, 1.82) is 0 Å². The third kappa shape index (κ3) is 2.91. The molecule has 112 valence electrons. The van der Waals surface area contributed by atoms with Crippen LogP contribution >= 0.6 is 0 Å². The van der Waals surface area contributed by atoms with E-state index in [1.165, 1.54) is 0 Å². The Morgan fingerprint density at radius 3 is 2.50 bits per heavy atom. The summed E-state index contributed by atoms with van der Waals surface area (Å²) in [5.41, 5.74) is -0.204. The van der Waals surface area contributed by atoms with Gasteiger partial charge in [0.2, 0.25) is 0 Å². The molecule has 2 atom stereocenters. The van der Waals surface area contributed by atoms with Crippen LogP contribution in [0.3, 0.4) is 0 Å². The van der Waals surface area contributed by atoms with Gasteiger partial charge in [-0.05, 0) is 18.6 Å². The van der Waals surface area contributed by atoms with Crippen LogP contribution in [-0.4, -0.2) is 32.0 Å². The third-order valence-electron chi connectivity index (χ3n) is 3.94. The summed E-state index contributed by atoms with van der Waals surface area (Å²) < 4.78 is 16.6. The minimum Gasteiger partial charge on any atom is -0.496 e. The molecule has 0 aromatic heterocycles. The second kappa shape index (κ2) is 6.46. The molecule has 0 radical (unpaired) electrons. The van der Waals surface area contributed by atoms with E-state index in [1.54, 1.807) is 14.2 Å². The normalized spacial score (nSPS) is 26.3. The molecule has 2 rings (SSSR count). The van der Waals surface area contributed by atoms with E-state index in [-0.39, 0.29) is 6.10 Å². The predicted octanol–water partition coefficient (Wildman–Crippen LogP) is 2.87. The Morgan fingerprint density at radius 1 is 1.30 bits per heavy atom. The Balaban J connectivity index is 2.37. The van der Waals surface area contributed by atoms with Crippen LogP contribution in [-0.2, 0) is 10.3 Å². The summed E-state index contributed by atoms with van der Waals surface area (Å²) in [4.78, 5) is 0. The van der Waals surface area contributed by atoms with Gasteiger partial charge < -0.3 is 19.3 Å². The quantitative estimate of drug-likeness (QED) is 0.901. The second-order valence-electron chi connectivity index (χ2n) is 5.30. The lowest BCUT2D eigenvalue weighted by molar-refractivity contribution is -0.111. The molecule has 4 heteroatoms. The zero-order chi connectivity index (χ0) is 14.6. The van der Waals surface area contributed by atoms with E-state index in [1.807, 2.05) is 18.2 Å². The van der Waals surface area contributed by atoms with Crippen LogP contribution < -0.4 is 9.47 Å². The molecule has 1 aromatic rings. The lowest BCUT2D eigenvalue weighted by atomic mass is 9.81. The molecule has 0 aliphatic carbocycles. The first kappa shape index (κ1) is 15.1. The fourth-order valence-corrected chi connectivity index (χ4v) is 2.98. The van der Waals surface area contributed by atoms with Crippen LogP contribution in [0.5, 0.6) is 11.5 Å². The Kier molecular flexibility index (Phi) is 4.89. The van der Waals surface area contributed by atoms with Gasteiger partial charge in [0.25, 0.3) is 0 Å². The SMILES string of the molecule is CCCC1CC(O)(c2c(OC)cccc2OC)CCO1. The van der Waals surface area contributed by atoms with Gasteiger partial charge >= 0.3 is 0 Å². The highest BCUT2D eigenvalue weighted by Crippen LogP contribution is 2.44. The van der Waals surface area contributed by atoms with Crippen molar-refractivity contribution in [3.8, 4) is 11.5 Å². The van der Waals surface area contributed by atoms with Crippen molar-refractivity contribution < 1.29 is 19.3 Å². The number of ether oxygens (including phenoxy) is 3. The zero-order valence-electron chi connectivity index (χ0n) is 12.5. The van der Waals surface area contributed by atoms with Crippen molar-refractivity contribution >= 4 is 0 Å². The summed E-state index contributed by atoms with van der Waals surface area (Å²) in [6.07, 6.45) is 3.24. The minimum atomic E-state index is -0.948. The van der Waals surface area contributed by atoms with E-state index < -0.39 is 5.60 Å². The fourth-order valence-electron chi connectivity index (χ4n) is 2.98. The lowest BCUT2D eigenvalue weighted by Crippen LogP contribution is -2.39. The van der Waals surface area contributed by atoms with Crippen molar-refractivity contribution in [2.45, 2.75) is 44.3 Å². The van der Waals surface area contributed by atoms with E-state index >= 15 is 0 Å². The summed E-state index contributed by atoms with van der Waals surface area (Å²) in [5, 5.41) is 11.1. The van der Waals surface area contributed by atoms with Crippen molar-refractivity contribution in [3.63, 3.8) is 0 Å². The average Bonchev–Trinajstić information content (AvgIpc) is 2.46. The lowest BCUT2D eigenvalue weighted by Gasteiger charge is -2.38. The molecule has 0 amide bonds. The van der Waals surface area contributed by atoms with Crippen LogP contribution in [0.2, 0.25) is 0 Å². The van der Waals surface area contributed by atoms with Crippen LogP contribution in [0.15, 0.2) is 18.2 Å². The molecule has 0 saturated carbocycles. The maximum absolute atomic E-state index is 11.1. The van der Waals surface area contributed by atoms with E-state index in [9.17, 15) is 5.11 Å². The maximum Gasteiger partial charge on any atom is 0.128 e. The van der Waals surface area contributed by atoms with E-state index in [2.05, 4.69) is 6.92 Å². The van der Waals surface area contributed by atoms with Gasteiger partial charge in [-0.15, -0.1) is 0 Å². The van der Waals surface area contributed by atoms with E-state index in [0.717, 1.165) is 18.4 Å². The molecule has 1 aliphatic rings. The summed E-state index contributed by atoms with van der Waals surface area (Å²) in [6, 6.07) is 5.59. The van der Waals surface area contributed by atoms with Crippen molar-refractivity contribution in [3.05, 3.63) is 23.8 Å².